The van der Waals surface area contributed by atoms with E-state index in [9.17, 15) is 4.79 Å². The number of rotatable bonds is 8. The second-order valence-corrected chi connectivity index (χ2v) is 6.04. The summed E-state index contributed by atoms with van der Waals surface area (Å²) < 4.78 is 21.3. The summed E-state index contributed by atoms with van der Waals surface area (Å²) in [6.07, 6.45) is 6.42. The Labute approximate surface area is 168 Å². The Morgan fingerprint density at radius 2 is 1.86 bits per heavy atom. The third-order valence-corrected chi connectivity index (χ3v) is 4.18. The summed E-state index contributed by atoms with van der Waals surface area (Å²) in [5, 5.41) is 2.85. The number of aromatic nitrogens is 1. The predicted molar refractivity (Wildman–Crippen MR) is 109 cm³/mol. The van der Waals surface area contributed by atoms with Crippen LogP contribution in [0.5, 0.6) is 17.2 Å². The number of ether oxygens (including phenoxy) is 3. The number of benzene rings is 1. The van der Waals surface area contributed by atoms with E-state index in [-0.39, 0.29) is 5.91 Å². The Hall–Kier alpha value is -3.74. The maximum Gasteiger partial charge on any atom is 0.244 e. The molecule has 0 bridgehead atoms. The minimum absolute atomic E-state index is 0.227. The van der Waals surface area contributed by atoms with Gasteiger partial charge in [-0.25, -0.2) is 0 Å². The van der Waals surface area contributed by atoms with Crippen LogP contribution in [0.1, 0.15) is 11.1 Å². The SMILES string of the molecule is COc1cc(/C=C/C(=O)NCc2ccnc(-c3ccco3)c2)cc(OC)c1OC. The monoisotopic (exact) mass is 394 g/mol. The Morgan fingerprint density at radius 3 is 2.48 bits per heavy atom. The lowest BCUT2D eigenvalue weighted by molar-refractivity contribution is -0.116. The summed E-state index contributed by atoms with van der Waals surface area (Å²) >= 11 is 0. The molecule has 0 aliphatic heterocycles. The number of hydrogen-bond donors (Lipinski definition) is 1. The fourth-order valence-corrected chi connectivity index (χ4v) is 2.76. The van der Waals surface area contributed by atoms with Crippen LogP contribution in [0.25, 0.3) is 17.5 Å². The van der Waals surface area contributed by atoms with Crippen molar-refractivity contribution >= 4 is 12.0 Å². The Kier molecular flexibility index (Phi) is 6.52. The van der Waals surface area contributed by atoms with Gasteiger partial charge in [0, 0.05) is 18.8 Å². The van der Waals surface area contributed by atoms with Gasteiger partial charge >= 0.3 is 0 Å². The van der Waals surface area contributed by atoms with E-state index in [1.165, 1.54) is 6.08 Å². The molecule has 3 aromatic rings. The van der Waals surface area contributed by atoms with Gasteiger partial charge in [0.25, 0.3) is 0 Å². The van der Waals surface area contributed by atoms with Crippen LogP contribution < -0.4 is 19.5 Å². The van der Waals surface area contributed by atoms with Crippen molar-refractivity contribution in [3.63, 3.8) is 0 Å². The number of pyridine rings is 1. The first kappa shape index (κ1) is 20.0. The zero-order chi connectivity index (χ0) is 20.6. The molecule has 2 heterocycles. The quantitative estimate of drug-likeness (QED) is 0.587. The highest BCUT2D eigenvalue weighted by Gasteiger charge is 2.12. The van der Waals surface area contributed by atoms with Gasteiger partial charge in [0.1, 0.15) is 5.69 Å². The number of amides is 1. The van der Waals surface area contributed by atoms with E-state index in [2.05, 4.69) is 10.3 Å². The van der Waals surface area contributed by atoms with E-state index in [4.69, 9.17) is 18.6 Å². The highest BCUT2D eigenvalue weighted by Crippen LogP contribution is 2.38. The molecule has 0 unspecified atom stereocenters. The van der Waals surface area contributed by atoms with Gasteiger partial charge in [-0.1, -0.05) is 0 Å². The number of carbonyl (C=O) groups is 1. The largest absolute Gasteiger partial charge is 0.493 e. The maximum absolute atomic E-state index is 12.2. The first-order valence-electron chi connectivity index (χ1n) is 8.89. The number of nitrogens with one attached hydrogen (secondary N) is 1. The van der Waals surface area contributed by atoms with Gasteiger partial charge in [-0.05, 0) is 53.6 Å². The molecule has 1 amide bonds. The van der Waals surface area contributed by atoms with Crippen molar-refractivity contribution in [3.05, 3.63) is 66.1 Å². The first-order chi connectivity index (χ1) is 14.1. The fourth-order valence-electron chi connectivity index (χ4n) is 2.76. The molecule has 29 heavy (non-hydrogen) atoms. The lowest BCUT2D eigenvalue weighted by Crippen LogP contribution is -2.20. The van der Waals surface area contributed by atoms with E-state index < -0.39 is 0 Å². The van der Waals surface area contributed by atoms with Crippen molar-refractivity contribution in [2.45, 2.75) is 6.54 Å². The molecule has 0 spiro atoms. The van der Waals surface area contributed by atoms with Crippen LogP contribution in [-0.4, -0.2) is 32.2 Å². The van der Waals surface area contributed by atoms with Crippen LogP contribution in [-0.2, 0) is 11.3 Å². The van der Waals surface area contributed by atoms with Crippen molar-refractivity contribution in [1.82, 2.24) is 10.3 Å². The normalized spacial score (nSPS) is 10.7. The van der Waals surface area contributed by atoms with Crippen molar-refractivity contribution in [2.24, 2.45) is 0 Å². The summed E-state index contributed by atoms with van der Waals surface area (Å²) in [6.45, 7) is 0.370. The third kappa shape index (κ3) is 4.95. The van der Waals surface area contributed by atoms with Gasteiger partial charge in [0.2, 0.25) is 11.7 Å². The van der Waals surface area contributed by atoms with Crippen LogP contribution in [0, 0.1) is 0 Å². The molecule has 3 rings (SSSR count). The molecule has 0 fully saturated rings. The van der Waals surface area contributed by atoms with E-state index >= 15 is 0 Å². The smallest absolute Gasteiger partial charge is 0.244 e. The second kappa shape index (κ2) is 9.45. The van der Waals surface area contributed by atoms with Crippen LogP contribution >= 0.6 is 0 Å². The highest BCUT2D eigenvalue weighted by atomic mass is 16.5. The zero-order valence-electron chi connectivity index (χ0n) is 16.5. The van der Waals surface area contributed by atoms with E-state index in [0.29, 0.717) is 29.6 Å². The Balaban J connectivity index is 1.65. The second-order valence-electron chi connectivity index (χ2n) is 6.04. The number of hydrogen-bond acceptors (Lipinski definition) is 6. The molecule has 0 aliphatic carbocycles. The molecule has 0 aliphatic rings. The summed E-state index contributed by atoms with van der Waals surface area (Å²) in [5.41, 5.74) is 2.38. The average Bonchev–Trinajstić information content (AvgIpc) is 3.30. The molecule has 1 aromatic carbocycles. The van der Waals surface area contributed by atoms with Crippen molar-refractivity contribution in [3.8, 4) is 28.7 Å². The number of methoxy groups -OCH3 is 3. The molecular formula is C22H22N2O5. The Bertz CT molecular complexity index is 971. The number of furan rings is 1. The topological polar surface area (TPSA) is 82.8 Å². The molecule has 7 nitrogen and oxygen atoms in total. The summed E-state index contributed by atoms with van der Waals surface area (Å²) in [5.74, 6) is 2.00. The van der Waals surface area contributed by atoms with Crippen molar-refractivity contribution < 1.29 is 23.4 Å². The molecule has 7 heteroatoms. The van der Waals surface area contributed by atoms with Crippen LogP contribution in [0.3, 0.4) is 0 Å². The molecule has 150 valence electrons. The predicted octanol–water partition coefficient (Wildman–Crippen LogP) is 3.70. The fraction of sp³-hybridized carbons (Fsp3) is 0.182. The van der Waals surface area contributed by atoms with Gasteiger partial charge in [-0.15, -0.1) is 0 Å². The molecule has 1 N–H and O–H groups in total. The zero-order valence-corrected chi connectivity index (χ0v) is 16.5. The van der Waals surface area contributed by atoms with Gasteiger partial charge in [0.05, 0.1) is 27.6 Å². The summed E-state index contributed by atoms with van der Waals surface area (Å²) in [6, 6.07) is 10.9. The van der Waals surface area contributed by atoms with Crippen LogP contribution in [0.2, 0.25) is 0 Å². The van der Waals surface area contributed by atoms with E-state index in [0.717, 1.165) is 16.8 Å². The van der Waals surface area contributed by atoms with Crippen LogP contribution in [0.4, 0.5) is 0 Å². The third-order valence-electron chi connectivity index (χ3n) is 4.18. The van der Waals surface area contributed by atoms with E-state index in [1.54, 1.807) is 58.1 Å². The molecule has 0 radical (unpaired) electrons. The lowest BCUT2D eigenvalue weighted by Gasteiger charge is -2.12. The number of carbonyl (C=O) groups excluding carboxylic acids is 1. The van der Waals surface area contributed by atoms with Crippen molar-refractivity contribution in [2.75, 3.05) is 21.3 Å². The van der Waals surface area contributed by atoms with Crippen molar-refractivity contribution in [1.29, 1.82) is 0 Å². The van der Waals surface area contributed by atoms with Gasteiger partial charge in [-0.3, -0.25) is 9.78 Å². The molecule has 0 atom stereocenters. The molecule has 0 saturated carbocycles. The van der Waals surface area contributed by atoms with E-state index in [1.807, 2.05) is 18.2 Å². The average molecular weight is 394 g/mol. The molecular weight excluding hydrogens is 372 g/mol. The minimum atomic E-state index is -0.227. The maximum atomic E-state index is 12.2. The minimum Gasteiger partial charge on any atom is -0.493 e. The summed E-state index contributed by atoms with van der Waals surface area (Å²) in [4.78, 5) is 16.5. The number of nitrogens with zero attached hydrogens (tertiary/aromatic N) is 1. The van der Waals surface area contributed by atoms with Gasteiger partial charge in [-0.2, -0.15) is 0 Å². The molecule has 0 saturated heterocycles. The highest BCUT2D eigenvalue weighted by molar-refractivity contribution is 5.91. The standard InChI is InChI=1S/C22H22N2O5/c1-26-19-12-15(13-20(27-2)22(19)28-3)6-7-21(25)24-14-16-8-9-23-17(11-16)18-5-4-10-29-18/h4-13H,14H2,1-3H3,(H,24,25)/b7-6+. The summed E-state index contributed by atoms with van der Waals surface area (Å²) in [7, 11) is 4.63. The van der Waals surface area contributed by atoms with Gasteiger partial charge < -0.3 is 23.9 Å². The first-order valence-corrected chi connectivity index (χ1v) is 8.89. The van der Waals surface area contributed by atoms with Crippen LogP contribution in [0.15, 0.2) is 59.4 Å². The Morgan fingerprint density at radius 1 is 1.10 bits per heavy atom. The molecule has 2 aromatic heterocycles. The lowest BCUT2D eigenvalue weighted by atomic mass is 10.1. The van der Waals surface area contributed by atoms with Gasteiger partial charge in [0.15, 0.2) is 17.3 Å².